The summed E-state index contributed by atoms with van der Waals surface area (Å²) in [5.41, 5.74) is 1.28. The largest absolute Gasteiger partial charge is 0.327 e. The van der Waals surface area contributed by atoms with E-state index < -0.39 is 0 Å². The molecule has 0 unspecified atom stereocenters. The average molecular weight is 313 g/mol. The molecule has 4 rings (SSSR count). The minimum absolute atomic E-state index is 0.0271. The Bertz CT molecular complexity index is 596. The first-order chi connectivity index (χ1) is 11.1. The van der Waals surface area contributed by atoms with Gasteiger partial charge in [-0.2, -0.15) is 0 Å². The molecule has 3 heterocycles. The molecule has 5 heteroatoms. The van der Waals surface area contributed by atoms with E-state index in [1.54, 1.807) is 9.80 Å². The number of hydrogen-bond donors (Lipinski definition) is 0. The van der Waals surface area contributed by atoms with Gasteiger partial charge in [0.05, 0.1) is 6.04 Å². The molecule has 23 heavy (non-hydrogen) atoms. The van der Waals surface area contributed by atoms with Crippen LogP contribution in [0.4, 0.5) is 4.79 Å². The Hall–Kier alpha value is -1.88. The van der Waals surface area contributed by atoms with Crippen LogP contribution in [0.5, 0.6) is 0 Å². The van der Waals surface area contributed by atoms with Gasteiger partial charge in [0.1, 0.15) is 6.04 Å². The molecule has 3 atom stereocenters. The van der Waals surface area contributed by atoms with Gasteiger partial charge in [-0.1, -0.05) is 30.3 Å². The third-order valence-corrected chi connectivity index (χ3v) is 5.50. The Morgan fingerprint density at radius 1 is 1.17 bits per heavy atom. The molecule has 0 N–H and O–H groups in total. The zero-order valence-electron chi connectivity index (χ0n) is 13.5. The summed E-state index contributed by atoms with van der Waals surface area (Å²) in [5, 5.41) is 0. The second-order valence-corrected chi connectivity index (χ2v) is 7.00. The molecule has 3 aliphatic heterocycles. The van der Waals surface area contributed by atoms with Crippen molar-refractivity contribution in [3.63, 3.8) is 0 Å². The maximum absolute atomic E-state index is 12.6. The number of carbonyl (C=O) groups excluding carboxylic acids is 2. The Kier molecular flexibility index (Phi) is 3.60. The van der Waals surface area contributed by atoms with E-state index in [1.165, 1.54) is 5.56 Å². The fourth-order valence-electron chi connectivity index (χ4n) is 4.28. The monoisotopic (exact) mass is 313 g/mol. The first-order valence-electron chi connectivity index (χ1n) is 8.57. The van der Waals surface area contributed by atoms with Crippen LogP contribution in [0.25, 0.3) is 0 Å². The van der Waals surface area contributed by atoms with Crippen molar-refractivity contribution < 1.29 is 9.59 Å². The van der Waals surface area contributed by atoms with Crippen molar-refractivity contribution in [2.24, 2.45) is 0 Å². The second-order valence-electron chi connectivity index (χ2n) is 7.00. The molecule has 0 bridgehead atoms. The van der Waals surface area contributed by atoms with E-state index in [0.717, 1.165) is 38.9 Å². The summed E-state index contributed by atoms with van der Waals surface area (Å²) >= 11 is 0. The molecule has 122 valence electrons. The number of benzene rings is 1. The van der Waals surface area contributed by atoms with Gasteiger partial charge in [0.25, 0.3) is 5.91 Å². The van der Waals surface area contributed by atoms with Crippen LogP contribution in [-0.2, 0) is 11.3 Å². The molecule has 1 aromatic carbocycles. The van der Waals surface area contributed by atoms with Crippen molar-refractivity contribution in [1.82, 2.24) is 14.7 Å². The summed E-state index contributed by atoms with van der Waals surface area (Å²) < 4.78 is 0. The Morgan fingerprint density at radius 3 is 2.70 bits per heavy atom. The maximum atomic E-state index is 12.6. The van der Waals surface area contributed by atoms with Gasteiger partial charge in [-0.25, -0.2) is 4.79 Å². The van der Waals surface area contributed by atoms with Gasteiger partial charge in [-0.3, -0.25) is 14.6 Å². The predicted molar refractivity (Wildman–Crippen MR) is 86.7 cm³/mol. The molecule has 0 spiro atoms. The lowest BCUT2D eigenvalue weighted by molar-refractivity contribution is -0.129. The number of imide groups is 1. The van der Waals surface area contributed by atoms with Crippen molar-refractivity contribution in [2.75, 3.05) is 13.1 Å². The van der Waals surface area contributed by atoms with Crippen LogP contribution < -0.4 is 0 Å². The fraction of sp³-hybridized carbons (Fsp3) is 0.556. The third-order valence-electron chi connectivity index (χ3n) is 5.50. The topological polar surface area (TPSA) is 43.9 Å². The van der Waals surface area contributed by atoms with Gasteiger partial charge in [-0.15, -0.1) is 0 Å². The maximum Gasteiger partial charge on any atom is 0.327 e. The quantitative estimate of drug-likeness (QED) is 0.803. The zero-order chi connectivity index (χ0) is 16.0. The van der Waals surface area contributed by atoms with Crippen molar-refractivity contribution in [3.8, 4) is 0 Å². The molecule has 1 aromatic rings. The first kappa shape index (κ1) is 14.7. The fourth-order valence-corrected chi connectivity index (χ4v) is 4.28. The van der Waals surface area contributed by atoms with E-state index in [9.17, 15) is 9.59 Å². The number of amides is 3. The molecule has 0 aromatic heterocycles. The second kappa shape index (κ2) is 5.64. The highest BCUT2D eigenvalue weighted by Gasteiger charge is 2.51. The van der Waals surface area contributed by atoms with Crippen molar-refractivity contribution >= 4 is 11.9 Å². The highest BCUT2D eigenvalue weighted by Crippen LogP contribution is 2.33. The first-order valence-corrected chi connectivity index (χ1v) is 8.57. The summed E-state index contributed by atoms with van der Waals surface area (Å²) in [6.07, 6.45) is 2.67. The molecular weight excluding hydrogens is 290 g/mol. The summed E-state index contributed by atoms with van der Waals surface area (Å²) in [6.45, 7) is 4.59. The molecule has 3 aliphatic rings. The third kappa shape index (κ3) is 2.43. The van der Waals surface area contributed by atoms with Crippen LogP contribution in [0, 0.1) is 0 Å². The van der Waals surface area contributed by atoms with Crippen molar-refractivity contribution in [1.29, 1.82) is 0 Å². The van der Waals surface area contributed by atoms with E-state index >= 15 is 0 Å². The SMILES string of the molecule is C[C@@H]1C[C@H](N2C(=O)[C@H]3CCCN3C2=O)CN1Cc1ccccc1. The molecule has 3 amide bonds. The minimum atomic E-state index is -0.180. The lowest BCUT2D eigenvalue weighted by Crippen LogP contribution is -2.43. The number of rotatable bonds is 3. The Morgan fingerprint density at radius 2 is 1.96 bits per heavy atom. The lowest BCUT2D eigenvalue weighted by atomic mass is 10.1. The van der Waals surface area contributed by atoms with E-state index in [4.69, 9.17) is 0 Å². The Balaban J connectivity index is 1.47. The van der Waals surface area contributed by atoms with Gasteiger partial charge < -0.3 is 4.90 Å². The average Bonchev–Trinajstić information content (AvgIpc) is 3.21. The van der Waals surface area contributed by atoms with Gasteiger partial charge in [0.2, 0.25) is 0 Å². The molecule has 5 nitrogen and oxygen atoms in total. The molecule has 0 radical (unpaired) electrons. The molecule has 0 saturated carbocycles. The normalized spacial score (nSPS) is 31.3. The van der Waals surface area contributed by atoms with Crippen LogP contribution in [0.15, 0.2) is 30.3 Å². The van der Waals surface area contributed by atoms with Crippen LogP contribution in [0.1, 0.15) is 31.7 Å². The standard InChI is InChI=1S/C18H23N3O2/c1-13-10-15(12-19(13)11-14-6-3-2-4-7-14)21-17(22)16-8-5-9-20(16)18(21)23/h2-4,6-7,13,15-16H,5,8-12H2,1H3/t13-,15+,16-/m1/s1. The van der Waals surface area contributed by atoms with E-state index in [0.29, 0.717) is 6.04 Å². The highest BCUT2D eigenvalue weighted by atomic mass is 16.2. The molecule has 3 saturated heterocycles. The lowest BCUT2D eigenvalue weighted by Gasteiger charge is -2.23. The van der Waals surface area contributed by atoms with E-state index in [2.05, 4.69) is 36.1 Å². The molecular formula is C18H23N3O2. The van der Waals surface area contributed by atoms with Gasteiger partial charge >= 0.3 is 6.03 Å². The van der Waals surface area contributed by atoms with Gasteiger partial charge in [0, 0.05) is 25.7 Å². The van der Waals surface area contributed by atoms with Crippen LogP contribution in [0.3, 0.4) is 0 Å². The van der Waals surface area contributed by atoms with Gasteiger partial charge in [-0.05, 0) is 31.7 Å². The summed E-state index contributed by atoms with van der Waals surface area (Å²) in [6, 6.07) is 10.6. The summed E-state index contributed by atoms with van der Waals surface area (Å²) in [5.74, 6) is 0.0336. The minimum Gasteiger partial charge on any atom is -0.312 e. The van der Waals surface area contributed by atoms with E-state index in [-0.39, 0.29) is 24.0 Å². The van der Waals surface area contributed by atoms with Crippen LogP contribution in [0.2, 0.25) is 0 Å². The number of carbonyl (C=O) groups is 2. The number of fused-ring (bicyclic) bond motifs is 1. The number of hydrogen-bond acceptors (Lipinski definition) is 3. The van der Waals surface area contributed by atoms with Crippen LogP contribution in [-0.4, -0.2) is 57.9 Å². The summed E-state index contributed by atoms with van der Waals surface area (Å²) in [4.78, 5) is 30.9. The zero-order valence-corrected chi connectivity index (χ0v) is 13.5. The number of urea groups is 1. The smallest absolute Gasteiger partial charge is 0.312 e. The molecule has 0 aliphatic carbocycles. The number of nitrogens with zero attached hydrogens (tertiary/aromatic N) is 3. The van der Waals surface area contributed by atoms with Crippen molar-refractivity contribution in [3.05, 3.63) is 35.9 Å². The van der Waals surface area contributed by atoms with Crippen LogP contribution >= 0.6 is 0 Å². The summed E-state index contributed by atoms with van der Waals surface area (Å²) in [7, 11) is 0. The highest BCUT2D eigenvalue weighted by molar-refractivity contribution is 6.05. The van der Waals surface area contributed by atoms with E-state index in [1.807, 2.05) is 6.07 Å². The van der Waals surface area contributed by atoms with Crippen molar-refractivity contribution in [2.45, 2.75) is 50.9 Å². The molecule has 3 fully saturated rings. The number of likely N-dealkylation sites (tertiary alicyclic amines) is 1. The predicted octanol–water partition coefficient (Wildman–Crippen LogP) is 2.08. The van der Waals surface area contributed by atoms with Gasteiger partial charge in [0.15, 0.2) is 0 Å². The Labute approximate surface area is 136 Å².